The van der Waals surface area contributed by atoms with Gasteiger partial charge >= 0.3 is 0 Å². The van der Waals surface area contributed by atoms with Gasteiger partial charge in [0.25, 0.3) is 0 Å². The van der Waals surface area contributed by atoms with Gasteiger partial charge in [-0.25, -0.2) is 0 Å². The van der Waals surface area contributed by atoms with E-state index in [0.29, 0.717) is 12.0 Å². The van der Waals surface area contributed by atoms with Crippen molar-refractivity contribution < 1.29 is 4.74 Å². The first kappa shape index (κ1) is 13.0. The van der Waals surface area contributed by atoms with E-state index in [1.165, 1.54) is 19.3 Å². The Morgan fingerprint density at radius 3 is 2.33 bits per heavy atom. The molecule has 0 aromatic carbocycles. The SMILES string of the molecule is CNCC(C)COC1CC(C)CC(C)C1. The molecule has 2 heteroatoms. The number of hydrogen-bond donors (Lipinski definition) is 1. The molecule has 2 nitrogen and oxygen atoms in total. The number of hydrogen-bond acceptors (Lipinski definition) is 2. The molecule has 3 atom stereocenters. The minimum absolute atomic E-state index is 0.517. The van der Waals surface area contributed by atoms with E-state index in [2.05, 4.69) is 26.1 Å². The second kappa shape index (κ2) is 6.49. The fourth-order valence-electron chi connectivity index (χ4n) is 2.72. The third-order valence-electron chi connectivity index (χ3n) is 3.30. The van der Waals surface area contributed by atoms with Crippen LogP contribution >= 0.6 is 0 Å². The Balaban J connectivity index is 2.20. The van der Waals surface area contributed by atoms with Crippen molar-refractivity contribution in [3.63, 3.8) is 0 Å². The quantitative estimate of drug-likeness (QED) is 0.758. The summed E-state index contributed by atoms with van der Waals surface area (Å²) in [6, 6.07) is 0. The molecule has 1 fully saturated rings. The zero-order valence-corrected chi connectivity index (χ0v) is 10.8. The molecule has 1 aliphatic carbocycles. The van der Waals surface area contributed by atoms with Crippen LogP contribution in [0.2, 0.25) is 0 Å². The average molecular weight is 213 g/mol. The van der Waals surface area contributed by atoms with Crippen molar-refractivity contribution in [2.75, 3.05) is 20.2 Å². The van der Waals surface area contributed by atoms with Crippen molar-refractivity contribution in [3.05, 3.63) is 0 Å². The molecule has 1 aliphatic rings. The zero-order valence-electron chi connectivity index (χ0n) is 10.8. The summed E-state index contributed by atoms with van der Waals surface area (Å²) in [5, 5.41) is 3.19. The third kappa shape index (κ3) is 4.98. The maximum Gasteiger partial charge on any atom is 0.0580 e. The van der Waals surface area contributed by atoms with Crippen LogP contribution in [0.3, 0.4) is 0 Å². The van der Waals surface area contributed by atoms with Gasteiger partial charge in [0.2, 0.25) is 0 Å². The minimum atomic E-state index is 0.517. The van der Waals surface area contributed by atoms with Crippen molar-refractivity contribution in [2.45, 2.75) is 46.1 Å². The summed E-state index contributed by atoms with van der Waals surface area (Å²) in [6.07, 6.45) is 4.42. The van der Waals surface area contributed by atoms with E-state index in [1.807, 2.05) is 7.05 Å². The molecule has 1 rings (SSSR count). The summed E-state index contributed by atoms with van der Waals surface area (Å²) in [7, 11) is 2.00. The van der Waals surface area contributed by atoms with Gasteiger partial charge in [-0.2, -0.15) is 0 Å². The highest BCUT2D eigenvalue weighted by molar-refractivity contribution is 4.75. The van der Waals surface area contributed by atoms with Crippen molar-refractivity contribution >= 4 is 0 Å². The Bertz CT molecular complexity index is 162. The molecule has 15 heavy (non-hydrogen) atoms. The molecule has 0 spiro atoms. The molecule has 0 bridgehead atoms. The topological polar surface area (TPSA) is 21.3 Å². The Kier molecular flexibility index (Phi) is 5.62. The molecule has 0 radical (unpaired) electrons. The fraction of sp³-hybridized carbons (Fsp3) is 1.00. The monoisotopic (exact) mass is 213 g/mol. The number of nitrogens with one attached hydrogen (secondary N) is 1. The van der Waals surface area contributed by atoms with Crippen LogP contribution in [0, 0.1) is 17.8 Å². The lowest BCUT2D eigenvalue weighted by molar-refractivity contribution is -0.0128. The highest BCUT2D eigenvalue weighted by Gasteiger charge is 2.24. The van der Waals surface area contributed by atoms with E-state index in [1.54, 1.807) is 0 Å². The fourth-order valence-corrected chi connectivity index (χ4v) is 2.72. The number of rotatable bonds is 5. The maximum atomic E-state index is 6.00. The molecule has 0 saturated heterocycles. The maximum absolute atomic E-state index is 6.00. The van der Waals surface area contributed by atoms with Crippen LogP contribution < -0.4 is 5.32 Å². The van der Waals surface area contributed by atoms with Crippen LogP contribution in [0.25, 0.3) is 0 Å². The van der Waals surface area contributed by atoms with Gasteiger partial charge in [0, 0.05) is 0 Å². The minimum Gasteiger partial charge on any atom is -0.378 e. The lowest BCUT2D eigenvalue weighted by Gasteiger charge is -2.32. The third-order valence-corrected chi connectivity index (χ3v) is 3.30. The Morgan fingerprint density at radius 1 is 1.20 bits per heavy atom. The Hall–Kier alpha value is -0.0800. The van der Waals surface area contributed by atoms with E-state index in [4.69, 9.17) is 4.74 Å². The first-order valence-electron chi connectivity index (χ1n) is 6.38. The highest BCUT2D eigenvalue weighted by atomic mass is 16.5. The predicted molar refractivity (Wildman–Crippen MR) is 65.0 cm³/mol. The van der Waals surface area contributed by atoms with E-state index in [-0.39, 0.29) is 0 Å². The zero-order chi connectivity index (χ0) is 11.3. The van der Waals surface area contributed by atoms with Gasteiger partial charge in [0.05, 0.1) is 12.7 Å². The lowest BCUT2D eigenvalue weighted by atomic mass is 9.82. The molecule has 0 aromatic rings. The van der Waals surface area contributed by atoms with E-state index in [0.717, 1.165) is 25.0 Å². The van der Waals surface area contributed by atoms with Crippen LogP contribution in [0.1, 0.15) is 40.0 Å². The standard InChI is InChI=1S/C13H27NO/c1-10-5-11(2)7-13(6-10)15-9-12(3)8-14-4/h10-14H,5-9H2,1-4H3. The van der Waals surface area contributed by atoms with E-state index >= 15 is 0 Å². The van der Waals surface area contributed by atoms with Crippen molar-refractivity contribution in [2.24, 2.45) is 17.8 Å². The number of ether oxygens (including phenoxy) is 1. The van der Waals surface area contributed by atoms with Gasteiger partial charge < -0.3 is 10.1 Å². The summed E-state index contributed by atoms with van der Waals surface area (Å²) in [6.45, 7) is 8.90. The van der Waals surface area contributed by atoms with Crippen LogP contribution in [0.5, 0.6) is 0 Å². The largest absolute Gasteiger partial charge is 0.378 e. The Labute approximate surface area is 94.8 Å². The molecular weight excluding hydrogens is 186 g/mol. The van der Waals surface area contributed by atoms with Crippen molar-refractivity contribution in [3.8, 4) is 0 Å². The Morgan fingerprint density at radius 2 is 1.80 bits per heavy atom. The van der Waals surface area contributed by atoms with Crippen LogP contribution in [0.15, 0.2) is 0 Å². The highest BCUT2D eigenvalue weighted by Crippen LogP contribution is 2.30. The summed E-state index contributed by atoms with van der Waals surface area (Å²) < 4.78 is 6.00. The average Bonchev–Trinajstić information content (AvgIpc) is 2.14. The summed E-state index contributed by atoms with van der Waals surface area (Å²) in [4.78, 5) is 0. The predicted octanol–water partition coefficient (Wildman–Crippen LogP) is 2.68. The molecule has 0 aromatic heterocycles. The van der Waals surface area contributed by atoms with Gasteiger partial charge in [0.1, 0.15) is 0 Å². The van der Waals surface area contributed by atoms with E-state index < -0.39 is 0 Å². The van der Waals surface area contributed by atoms with Gasteiger partial charge in [-0.1, -0.05) is 20.8 Å². The molecular formula is C13H27NO. The molecule has 1 saturated carbocycles. The smallest absolute Gasteiger partial charge is 0.0580 e. The van der Waals surface area contributed by atoms with Crippen LogP contribution in [0.4, 0.5) is 0 Å². The summed E-state index contributed by atoms with van der Waals surface area (Å²) in [5.41, 5.74) is 0. The molecule has 0 amide bonds. The second-order valence-corrected chi connectivity index (χ2v) is 5.54. The van der Waals surface area contributed by atoms with E-state index in [9.17, 15) is 0 Å². The molecule has 0 heterocycles. The van der Waals surface area contributed by atoms with Gasteiger partial charge in [-0.15, -0.1) is 0 Å². The van der Waals surface area contributed by atoms with Crippen molar-refractivity contribution in [1.29, 1.82) is 0 Å². The van der Waals surface area contributed by atoms with Gasteiger partial charge in [0.15, 0.2) is 0 Å². The normalized spacial score (nSPS) is 34.0. The first-order valence-corrected chi connectivity index (χ1v) is 6.38. The first-order chi connectivity index (χ1) is 7.11. The second-order valence-electron chi connectivity index (χ2n) is 5.54. The molecule has 1 N–H and O–H groups in total. The van der Waals surface area contributed by atoms with Crippen LogP contribution in [-0.4, -0.2) is 26.3 Å². The molecule has 0 aliphatic heterocycles. The van der Waals surface area contributed by atoms with Crippen LogP contribution in [-0.2, 0) is 4.74 Å². The van der Waals surface area contributed by atoms with Gasteiger partial charge in [-0.05, 0) is 50.6 Å². The van der Waals surface area contributed by atoms with Crippen molar-refractivity contribution in [1.82, 2.24) is 5.32 Å². The van der Waals surface area contributed by atoms with Gasteiger partial charge in [-0.3, -0.25) is 0 Å². The lowest BCUT2D eigenvalue weighted by Crippen LogP contribution is -2.29. The molecule has 3 unspecified atom stereocenters. The molecule has 90 valence electrons. The summed E-state index contributed by atoms with van der Waals surface area (Å²) >= 11 is 0. The summed E-state index contributed by atoms with van der Waals surface area (Å²) in [5.74, 6) is 2.32.